The van der Waals surface area contributed by atoms with Crippen molar-refractivity contribution in [1.29, 1.82) is 0 Å². The minimum absolute atomic E-state index is 0.181. The zero-order valence-electron chi connectivity index (χ0n) is 8.91. The number of likely N-dealkylation sites (tertiary alicyclic amines) is 1. The number of hydrogen-bond acceptors (Lipinski definition) is 2. The summed E-state index contributed by atoms with van der Waals surface area (Å²) >= 11 is 0. The van der Waals surface area contributed by atoms with Crippen molar-refractivity contribution in [3.8, 4) is 0 Å². The molecule has 0 aromatic heterocycles. The number of nitrogens with two attached hydrogens (primary N) is 1. The van der Waals surface area contributed by atoms with Crippen molar-refractivity contribution < 1.29 is 4.79 Å². The van der Waals surface area contributed by atoms with Crippen LogP contribution in [0.3, 0.4) is 0 Å². The molecular formula is C11H20N2O. The molecule has 3 nitrogen and oxygen atoms in total. The molecule has 2 N–H and O–H groups in total. The van der Waals surface area contributed by atoms with E-state index in [9.17, 15) is 4.79 Å². The Morgan fingerprint density at radius 3 is 2.64 bits per heavy atom. The first kappa shape index (κ1) is 9.97. The largest absolute Gasteiger partial charge is 0.341 e. The third-order valence-electron chi connectivity index (χ3n) is 3.38. The van der Waals surface area contributed by atoms with Gasteiger partial charge in [-0.3, -0.25) is 4.79 Å². The van der Waals surface area contributed by atoms with Crippen LogP contribution in [0, 0.1) is 11.8 Å². The lowest BCUT2D eigenvalue weighted by Crippen LogP contribution is -2.48. The van der Waals surface area contributed by atoms with Crippen LogP contribution >= 0.6 is 0 Å². The molecule has 80 valence electrons. The van der Waals surface area contributed by atoms with Crippen molar-refractivity contribution in [2.75, 3.05) is 13.1 Å². The Balaban J connectivity index is 1.87. The number of piperidine rings is 1. The van der Waals surface area contributed by atoms with Crippen LogP contribution in [-0.2, 0) is 4.79 Å². The highest BCUT2D eigenvalue weighted by atomic mass is 16.2. The van der Waals surface area contributed by atoms with Crippen LogP contribution in [0.15, 0.2) is 0 Å². The average molecular weight is 196 g/mol. The Morgan fingerprint density at radius 1 is 1.36 bits per heavy atom. The molecule has 0 aromatic carbocycles. The van der Waals surface area contributed by atoms with Crippen molar-refractivity contribution in [3.05, 3.63) is 0 Å². The summed E-state index contributed by atoms with van der Waals surface area (Å²) in [6, 6.07) is 0.205. The molecule has 2 fully saturated rings. The van der Waals surface area contributed by atoms with E-state index in [1.807, 2.05) is 4.90 Å². The predicted molar refractivity (Wildman–Crippen MR) is 55.7 cm³/mol. The number of rotatable bonds is 2. The molecule has 0 aromatic rings. The first-order chi connectivity index (χ1) is 6.65. The number of amides is 1. The van der Waals surface area contributed by atoms with Gasteiger partial charge in [0.15, 0.2) is 0 Å². The molecule has 2 aliphatic rings. The van der Waals surface area contributed by atoms with Gasteiger partial charge in [0, 0.05) is 26.1 Å². The first-order valence-corrected chi connectivity index (χ1v) is 5.66. The fraction of sp³-hybridized carbons (Fsp3) is 0.909. The van der Waals surface area contributed by atoms with Crippen molar-refractivity contribution in [1.82, 2.24) is 4.90 Å². The van der Waals surface area contributed by atoms with E-state index in [0.717, 1.165) is 25.4 Å². The van der Waals surface area contributed by atoms with Crippen LogP contribution < -0.4 is 5.73 Å². The van der Waals surface area contributed by atoms with E-state index in [-0.39, 0.29) is 11.9 Å². The van der Waals surface area contributed by atoms with Crippen LogP contribution in [0.5, 0.6) is 0 Å². The van der Waals surface area contributed by atoms with Crippen molar-refractivity contribution in [2.45, 2.75) is 38.6 Å². The Morgan fingerprint density at radius 2 is 2.07 bits per heavy atom. The molecule has 2 rings (SSSR count). The van der Waals surface area contributed by atoms with Gasteiger partial charge in [0.1, 0.15) is 0 Å². The Kier molecular flexibility index (Phi) is 2.77. The van der Waals surface area contributed by atoms with Crippen molar-refractivity contribution in [3.63, 3.8) is 0 Å². The maximum Gasteiger partial charge on any atom is 0.219 e. The Bertz CT molecular complexity index is 223. The molecule has 3 heteroatoms. The van der Waals surface area contributed by atoms with Crippen LogP contribution in [-0.4, -0.2) is 29.9 Å². The van der Waals surface area contributed by atoms with Gasteiger partial charge >= 0.3 is 0 Å². The van der Waals surface area contributed by atoms with E-state index in [4.69, 9.17) is 5.73 Å². The molecule has 14 heavy (non-hydrogen) atoms. The minimum Gasteiger partial charge on any atom is -0.341 e. The number of carbonyl (C=O) groups excluding carboxylic acids is 1. The van der Waals surface area contributed by atoms with Gasteiger partial charge in [-0.05, 0) is 24.7 Å². The highest BCUT2D eigenvalue weighted by molar-refractivity contribution is 5.73. The summed E-state index contributed by atoms with van der Waals surface area (Å²) in [4.78, 5) is 13.2. The fourth-order valence-corrected chi connectivity index (χ4v) is 2.50. The first-order valence-electron chi connectivity index (χ1n) is 5.66. The topological polar surface area (TPSA) is 46.3 Å². The molecule has 2 atom stereocenters. The minimum atomic E-state index is 0.181. The van der Waals surface area contributed by atoms with Crippen LogP contribution in [0.4, 0.5) is 0 Å². The molecule has 0 spiro atoms. The van der Waals surface area contributed by atoms with Gasteiger partial charge < -0.3 is 10.6 Å². The van der Waals surface area contributed by atoms with E-state index < -0.39 is 0 Å². The van der Waals surface area contributed by atoms with Crippen molar-refractivity contribution >= 4 is 5.91 Å². The van der Waals surface area contributed by atoms with E-state index in [1.54, 1.807) is 6.92 Å². The summed E-state index contributed by atoms with van der Waals surface area (Å²) < 4.78 is 0. The van der Waals surface area contributed by atoms with Gasteiger partial charge in [-0.1, -0.05) is 12.8 Å². The average Bonchev–Trinajstić information content (AvgIpc) is 2.87. The zero-order chi connectivity index (χ0) is 10.1. The highest BCUT2D eigenvalue weighted by Gasteiger charge is 2.31. The van der Waals surface area contributed by atoms with E-state index >= 15 is 0 Å². The highest BCUT2D eigenvalue weighted by Crippen LogP contribution is 2.37. The summed E-state index contributed by atoms with van der Waals surface area (Å²) in [6.45, 7) is 3.35. The molecular weight excluding hydrogens is 176 g/mol. The lowest BCUT2D eigenvalue weighted by atomic mass is 9.90. The van der Waals surface area contributed by atoms with Crippen molar-refractivity contribution in [2.24, 2.45) is 17.6 Å². The molecule has 1 saturated heterocycles. The lowest BCUT2D eigenvalue weighted by Gasteiger charge is -2.35. The molecule has 0 bridgehead atoms. The number of hydrogen-bond donors (Lipinski definition) is 1. The van der Waals surface area contributed by atoms with Gasteiger partial charge in [0.05, 0.1) is 0 Å². The smallest absolute Gasteiger partial charge is 0.219 e. The van der Waals surface area contributed by atoms with E-state index in [0.29, 0.717) is 5.92 Å². The van der Waals surface area contributed by atoms with Gasteiger partial charge in [-0.15, -0.1) is 0 Å². The zero-order valence-corrected chi connectivity index (χ0v) is 8.91. The molecule has 1 heterocycles. The van der Waals surface area contributed by atoms with Gasteiger partial charge in [-0.2, -0.15) is 0 Å². The summed E-state index contributed by atoms with van der Waals surface area (Å²) in [6.07, 6.45) is 5.19. The molecule has 1 aliphatic heterocycles. The van der Waals surface area contributed by atoms with E-state index in [2.05, 4.69) is 0 Å². The Labute approximate surface area is 85.6 Å². The molecule has 2 unspecified atom stereocenters. The van der Waals surface area contributed by atoms with Crippen LogP contribution in [0.1, 0.15) is 32.6 Å². The monoisotopic (exact) mass is 196 g/mol. The quantitative estimate of drug-likeness (QED) is 0.715. The Hall–Kier alpha value is -0.570. The molecule has 1 amide bonds. The summed E-state index contributed by atoms with van der Waals surface area (Å²) in [5, 5.41) is 0. The number of nitrogens with zero attached hydrogens (tertiary/aromatic N) is 1. The third-order valence-corrected chi connectivity index (χ3v) is 3.38. The second kappa shape index (κ2) is 3.89. The molecule has 1 aliphatic carbocycles. The summed E-state index contributed by atoms with van der Waals surface area (Å²) in [7, 11) is 0. The maximum atomic E-state index is 11.3. The summed E-state index contributed by atoms with van der Waals surface area (Å²) in [5.41, 5.74) is 5.96. The lowest BCUT2D eigenvalue weighted by molar-refractivity contribution is -0.131. The second-order valence-electron chi connectivity index (χ2n) is 4.96. The van der Waals surface area contributed by atoms with Gasteiger partial charge in [-0.25, -0.2) is 0 Å². The fourth-order valence-electron chi connectivity index (χ4n) is 2.50. The van der Waals surface area contributed by atoms with Gasteiger partial charge in [0.25, 0.3) is 0 Å². The van der Waals surface area contributed by atoms with Crippen LogP contribution in [0.2, 0.25) is 0 Å². The number of carbonyl (C=O) groups is 1. The molecule has 0 radical (unpaired) electrons. The summed E-state index contributed by atoms with van der Waals surface area (Å²) in [5.74, 6) is 1.79. The predicted octanol–water partition coefficient (Wildman–Crippen LogP) is 0.982. The van der Waals surface area contributed by atoms with Gasteiger partial charge in [0.2, 0.25) is 5.91 Å². The standard InChI is InChI=1S/C11H20N2O/c1-8(14)13-6-10(4-9-2-3-9)5-11(12)7-13/h9-11H,2-7,12H2,1H3. The van der Waals surface area contributed by atoms with Crippen LogP contribution in [0.25, 0.3) is 0 Å². The second-order valence-corrected chi connectivity index (χ2v) is 4.96. The van der Waals surface area contributed by atoms with E-state index in [1.165, 1.54) is 19.3 Å². The third kappa shape index (κ3) is 2.47. The SMILES string of the molecule is CC(=O)N1CC(N)CC(CC2CC2)C1. The normalized spacial score (nSPS) is 33.1. The maximum absolute atomic E-state index is 11.3. The molecule has 1 saturated carbocycles.